The number of fused-ring (bicyclic) bond motifs is 1. The molecular weight excluding hydrogens is 428 g/mol. The molecule has 1 aliphatic heterocycles. The number of rotatable bonds is 7. The molecule has 2 aromatic carbocycles. The van der Waals surface area contributed by atoms with Crippen LogP contribution in [0.15, 0.2) is 52.4 Å². The Balaban J connectivity index is 1.70. The first-order chi connectivity index (χ1) is 14.6. The van der Waals surface area contributed by atoms with E-state index >= 15 is 0 Å². The molecule has 1 amide bonds. The van der Waals surface area contributed by atoms with Crippen LogP contribution < -0.4 is 14.8 Å². The summed E-state index contributed by atoms with van der Waals surface area (Å²) in [6.07, 6.45) is 0. The monoisotopic (exact) mass is 451 g/mol. The van der Waals surface area contributed by atoms with Crippen LogP contribution in [0.5, 0.6) is 5.75 Å². The van der Waals surface area contributed by atoms with Crippen LogP contribution in [0.2, 0.25) is 0 Å². The Morgan fingerprint density at radius 3 is 2.55 bits per heavy atom. The summed E-state index contributed by atoms with van der Waals surface area (Å²) >= 11 is 0. The van der Waals surface area contributed by atoms with Crippen molar-refractivity contribution in [3.05, 3.63) is 59.7 Å². The smallest absolute Gasteiger partial charge is 0.263 e. The predicted molar refractivity (Wildman–Crippen MR) is 111 cm³/mol. The molecule has 3 rings (SSSR count). The third kappa shape index (κ3) is 5.19. The van der Waals surface area contributed by atoms with Crippen LogP contribution in [0.3, 0.4) is 0 Å². The van der Waals surface area contributed by atoms with Crippen LogP contribution >= 0.6 is 0 Å². The minimum atomic E-state index is -3.72. The van der Waals surface area contributed by atoms with Crippen LogP contribution in [-0.4, -0.2) is 38.9 Å². The van der Waals surface area contributed by atoms with Crippen LogP contribution in [0.25, 0.3) is 0 Å². The maximum atomic E-state index is 13.7. The average molecular weight is 451 g/mol. The van der Waals surface area contributed by atoms with E-state index in [1.54, 1.807) is 39.0 Å². The van der Waals surface area contributed by atoms with Crippen molar-refractivity contribution in [2.45, 2.75) is 37.8 Å². The summed E-state index contributed by atoms with van der Waals surface area (Å²) in [4.78, 5) is 17.3. The van der Waals surface area contributed by atoms with Crippen LogP contribution in [0.1, 0.15) is 26.3 Å². The molecule has 2 atom stereocenters. The summed E-state index contributed by atoms with van der Waals surface area (Å²) in [5.41, 5.74) is 0.407. The van der Waals surface area contributed by atoms with Gasteiger partial charge in [-0.05, 0) is 37.1 Å². The molecule has 0 spiro atoms. The number of amidine groups is 1. The van der Waals surface area contributed by atoms with Gasteiger partial charge in [0.2, 0.25) is 5.91 Å². The summed E-state index contributed by atoms with van der Waals surface area (Å²) < 4.78 is 58.9. The van der Waals surface area contributed by atoms with Crippen molar-refractivity contribution in [3.63, 3.8) is 0 Å². The van der Waals surface area contributed by atoms with E-state index in [2.05, 4.69) is 15.0 Å². The summed E-state index contributed by atoms with van der Waals surface area (Å²) in [6.45, 7) is 5.19. The van der Waals surface area contributed by atoms with E-state index in [-0.39, 0.29) is 29.0 Å². The fourth-order valence-corrected chi connectivity index (χ4v) is 4.30. The third-order valence-electron chi connectivity index (χ3n) is 4.60. The molecule has 7 nitrogen and oxygen atoms in total. The number of carbonyl (C=O) groups excluding carboxylic acids is 1. The maximum absolute atomic E-state index is 13.7. The SMILES string of the molecule is CC(COc1ccc(F)cc1F)NC(=O)[C@@H](N=C1NS(=O)(=O)c2ccccc21)C(C)C. The molecule has 31 heavy (non-hydrogen) atoms. The molecule has 1 unspecified atom stereocenters. The first-order valence-electron chi connectivity index (χ1n) is 9.66. The molecule has 0 saturated heterocycles. The Kier molecular flexibility index (Phi) is 6.59. The van der Waals surface area contributed by atoms with Crippen molar-refractivity contribution in [2.24, 2.45) is 10.9 Å². The number of halogens is 2. The van der Waals surface area contributed by atoms with E-state index in [4.69, 9.17) is 4.74 Å². The molecule has 0 aromatic heterocycles. The van der Waals surface area contributed by atoms with Crippen molar-refractivity contribution < 1.29 is 26.7 Å². The van der Waals surface area contributed by atoms with E-state index in [1.165, 1.54) is 12.1 Å². The average Bonchev–Trinajstić information content (AvgIpc) is 2.95. The lowest BCUT2D eigenvalue weighted by atomic mass is 10.0. The highest BCUT2D eigenvalue weighted by molar-refractivity contribution is 7.90. The summed E-state index contributed by atoms with van der Waals surface area (Å²) in [5.74, 6) is -2.22. The molecule has 166 valence electrons. The Morgan fingerprint density at radius 1 is 1.16 bits per heavy atom. The standard InChI is InChI=1S/C21H23F2N3O4S/c1-12(2)19(25-20-15-6-4-5-7-18(15)31(28,29)26-20)21(27)24-13(3)11-30-17-9-8-14(22)10-16(17)23/h4-10,12-13,19H,11H2,1-3H3,(H,24,27)(H,25,26)/t13?,19-/m0/s1. The van der Waals surface area contributed by atoms with Crippen molar-refractivity contribution in [1.29, 1.82) is 0 Å². The van der Waals surface area contributed by atoms with E-state index in [0.29, 0.717) is 11.6 Å². The predicted octanol–water partition coefficient (Wildman–Crippen LogP) is 2.61. The number of amides is 1. The van der Waals surface area contributed by atoms with Gasteiger partial charge in [0.05, 0.1) is 10.9 Å². The number of hydrogen-bond donors (Lipinski definition) is 2. The van der Waals surface area contributed by atoms with E-state index < -0.39 is 39.6 Å². The van der Waals surface area contributed by atoms with Gasteiger partial charge in [0, 0.05) is 11.6 Å². The lowest BCUT2D eigenvalue weighted by Gasteiger charge is -2.21. The summed E-state index contributed by atoms with van der Waals surface area (Å²) in [5, 5.41) is 2.74. The molecule has 2 N–H and O–H groups in total. The fourth-order valence-electron chi connectivity index (χ4n) is 3.06. The minimum absolute atomic E-state index is 0.0505. The molecule has 1 heterocycles. The highest BCUT2D eigenvalue weighted by Gasteiger charge is 2.32. The Morgan fingerprint density at radius 2 is 1.87 bits per heavy atom. The van der Waals surface area contributed by atoms with E-state index in [1.807, 2.05) is 0 Å². The van der Waals surface area contributed by atoms with Crippen molar-refractivity contribution in [1.82, 2.24) is 10.0 Å². The largest absolute Gasteiger partial charge is 0.488 e. The summed E-state index contributed by atoms with van der Waals surface area (Å²) in [7, 11) is -3.72. The van der Waals surface area contributed by atoms with Gasteiger partial charge in [0.1, 0.15) is 24.3 Å². The molecule has 0 aliphatic carbocycles. The fraction of sp³-hybridized carbons (Fsp3) is 0.333. The second-order valence-corrected chi connectivity index (χ2v) is 9.21. The van der Waals surface area contributed by atoms with Crippen LogP contribution in [0.4, 0.5) is 8.78 Å². The Labute approximate surface area is 179 Å². The third-order valence-corrected chi connectivity index (χ3v) is 6.00. The molecule has 0 fully saturated rings. The molecular formula is C21H23F2N3O4S. The number of benzene rings is 2. The van der Waals surface area contributed by atoms with Gasteiger partial charge >= 0.3 is 0 Å². The van der Waals surface area contributed by atoms with Gasteiger partial charge in [-0.2, -0.15) is 0 Å². The van der Waals surface area contributed by atoms with Gasteiger partial charge in [-0.1, -0.05) is 26.0 Å². The first kappa shape index (κ1) is 22.7. The zero-order valence-corrected chi connectivity index (χ0v) is 18.0. The number of sulfonamides is 1. The van der Waals surface area contributed by atoms with Crippen LogP contribution in [-0.2, 0) is 14.8 Å². The van der Waals surface area contributed by atoms with Crippen LogP contribution in [0, 0.1) is 17.6 Å². The van der Waals surface area contributed by atoms with E-state index in [0.717, 1.165) is 6.07 Å². The van der Waals surface area contributed by atoms with Crippen molar-refractivity contribution >= 4 is 21.8 Å². The number of nitrogens with one attached hydrogen (secondary N) is 2. The van der Waals surface area contributed by atoms with E-state index in [9.17, 15) is 22.0 Å². The quantitative estimate of drug-likeness (QED) is 0.676. The lowest BCUT2D eigenvalue weighted by molar-refractivity contribution is -0.123. The van der Waals surface area contributed by atoms with Gasteiger partial charge in [0.15, 0.2) is 11.6 Å². The second kappa shape index (κ2) is 9.01. The van der Waals surface area contributed by atoms with Gasteiger partial charge in [-0.3, -0.25) is 14.5 Å². The zero-order chi connectivity index (χ0) is 22.8. The number of carbonyl (C=O) groups is 1. The highest BCUT2D eigenvalue weighted by atomic mass is 32.2. The van der Waals surface area contributed by atoms with Crippen molar-refractivity contribution in [3.8, 4) is 5.75 Å². The molecule has 1 aliphatic rings. The molecule has 0 saturated carbocycles. The number of aliphatic imine (C=N–C) groups is 1. The van der Waals surface area contributed by atoms with Crippen molar-refractivity contribution in [2.75, 3.05) is 6.61 Å². The molecule has 10 heteroatoms. The number of hydrogen-bond acceptors (Lipinski definition) is 5. The normalized spacial score (nSPS) is 17.7. The topological polar surface area (TPSA) is 96.9 Å². The molecule has 0 bridgehead atoms. The maximum Gasteiger partial charge on any atom is 0.263 e. The van der Waals surface area contributed by atoms with Gasteiger partial charge in [0.25, 0.3) is 10.0 Å². The Hall–Kier alpha value is -3.01. The summed E-state index contributed by atoms with van der Waals surface area (Å²) in [6, 6.07) is 7.98. The molecule has 2 aromatic rings. The lowest BCUT2D eigenvalue weighted by Crippen LogP contribution is -2.44. The number of nitrogens with zero attached hydrogens (tertiary/aromatic N) is 1. The second-order valence-electron chi connectivity index (χ2n) is 7.56. The minimum Gasteiger partial charge on any atom is -0.488 e. The molecule has 0 radical (unpaired) electrons. The first-order valence-corrected chi connectivity index (χ1v) is 11.1. The highest BCUT2D eigenvalue weighted by Crippen LogP contribution is 2.23. The Bertz CT molecular complexity index is 1120. The zero-order valence-electron chi connectivity index (χ0n) is 17.2. The van der Waals surface area contributed by atoms with Gasteiger partial charge in [-0.25, -0.2) is 17.2 Å². The van der Waals surface area contributed by atoms with Gasteiger partial charge in [-0.15, -0.1) is 0 Å². The number of ether oxygens (including phenoxy) is 1. The van der Waals surface area contributed by atoms with Gasteiger partial charge < -0.3 is 10.1 Å².